The summed E-state index contributed by atoms with van der Waals surface area (Å²) in [5.74, 6) is -0.273. The highest BCUT2D eigenvalue weighted by Gasteiger charge is 2.14. The van der Waals surface area contributed by atoms with Crippen molar-refractivity contribution in [3.05, 3.63) is 11.6 Å². The summed E-state index contributed by atoms with van der Waals surface area (Å²) in [5, 5.41) is 0. The van der Waals surface area contributed by atoms with Crippen molar-refractivity contribution in [2.45, 2.75) is 4.83 Å². The molecule has 0 aliphatic carbocycles. The van der Waals surface area contributed by atoms with Gasteiger partial charge in [-0.1, -0.05) is 15.9 Å². The lowest BCUT2D eigenvalue weighted by Crippen LogP contribution is -2.14. The van der Waals surface area contributed by atoms with E-state index in [0.717, 1.165) is 0 Å². The van der Waals surface area contributed by atoms with Crippen molar-refractivity contribution < 1.29 is 9.59 Å². The Bertz CT molecular complexity index is 232. The predicted molar refractivity (Wildman–Crippen MR) is 40.4 cm³/mol. The van der Waals surface area contributed by atoms with Gasteiger partial charge in [0.25, 0.3) is 5.91 Å². The van der Waals surface area contributed by atoms with Gasteiger partial charge in [-0.3, -0.25) is 9.59 Å². The van der Waals surface area contributed by atoms with E-state index < -0.39 is 4.83 Å². The van der Waals surface area contributed by atoms with Crippen molar-refractivity contribution in [2.24, 2.45) is 4.99 Å². The van der Waals surface area contributed by atoms with Crippen molar-refractivity contribution in [1.82, 2.24) is 0 Å². The number of alkyl halides is 1. The van der Waals surface area contributed by atoms with Crippen LogP contribution in [0, 0.1) is 0 Å². The molecular weight excluding hydrogens is 198 g/mol. The van der Waals surface area contributed by atoms with Gasteiger partial charge in [0.05, 0.1) is 0 Å². The minimum absolute atomic E-state index is 0.273. The van der Waals surface area contributed by atoms with Gasteiger partial charge in [0, 0.05) is 11.8 Å². The quantitative estimate of drug-likeness (QED) is 0.458. The number of amides is 1. The van der Waals surface area contributed by atoms with Gasteiger partial charge >= 0.3 is 0 Å². The molecule has 1 heterocycles. The first-order chi connectivity index (χ1) is 4.74. The van der Waals surface area contributed by atoms with Gasteiger partial charge in [-0.05, 0) is 6.08 Å². The van der Waals surface area contributed by atoms with Crippen LogP contribution in [0.2, 0.25) is 0 Å². The third-order valence-corrected chi connectivity index (χ3v) is 1.71. The van der Waals surface area contributed by atoms with Crippen LogP contribution in [0.1, 0.15) is 0 Å². The number of aliphatic imine (C=N–C) groups is 1. The molecule has 0 fully saturated rings. The number of hydrogen-bond acceptors (Lipinski definition) is 2. The van der Waals surface area contributed by atoms with Crippen molar-refractivity contribution in [2.75, 3.05) is 0 Å². The summed E-state index contributed by atoms with van der Waals surface area (Å²) < 4.78 is 0. The first kappa shape index (κ1) is 7.34. The Morgan fingerprint density at radius 3 is 2.90 bits per heavy atom. The topological polar surface area (TPSA) is 46.5 Å². The van der Waals surface area contributed by atoms with E-state index in [-0.39, 0.29) is 5.91 Å². The molecule has 0 aromatic rings. The van der Waals surface area contributed by atoms with Crippen LogP contribution in [-0.4, -0.2) is 23.2 Å². The maximum absolute atomic E-state index is 10.7. The second kappa shape index (κ2) is 2.88. The largest absolute Gasteiger partial charge is 0.298 e. The monoisotopic (exact) mass is 201 g/mol. The molecular formula is C6H4BrNO2. The summed E-state index contributed by atoms with van der Waals surface area (Å²) in [6.07, 6.45) is 3.43. The number of carbonyl (C=O) groups is 2. The van der Waals surface area contributed by atoms with Gasteiger partial charge < -0.3 is 0 Å². The summed E-state index contributed by atoms with van der Waals surface area (Å²) in [4.78, 5) is 23.8. The Morgan fingerprint density at radius 2 is 2.40 bits per heavy atom. The molecule has 3 nitrogen and oxygen atoms in total. The molecule has 1 aliphatic heterocycles. The van der Waals surface area contributed by atoms with Crippen LogP contribution in [0.5, 0.6) is 0 Å². The van der Waals surface area contributed by atoms with Crippen LogP contribution in [0.25, 0.3) is 0 Å². The van der Waals surface area contributed by atoms with Crippen molar-refractivity contribution in [1.29, 1.82) is 0 Å². The highest BCUT2D eigenvalue weighted by Crippen LogP contribution is 2.09. The van der Waals surface area contributed by atoms with E-state index in [2.05, 4.69) is 20.9 Å². The van der Waals surface area contributed by atoms with Gasteiger partial charge in [0.15, 0.2) is 6.29 Å². The van der Waals surface area contributed by atoms with Gasteiger partial charge in [-0.25, -0.2) is 4.99 Å². The molecule has 0 radical (unpaired) electrons. The van der Waals surface area contributed by atoms with E-state index in [1.54, 1.807) is 0 Å². The zero-order valence-electron chi connectivity index (χ0n) is 4.95. The Labute approximate surface area is 66.0 Å². The second-order valence-corrected chi connectivity index (χ2v) is 2.77. The number of nitrogens with zero attached hydrogens (tertiary/aromatic N) is 1. The molecule has 1 amide bonds. The minimum Gasteiger partial charge on any atom is -0.298 e. The van der Waals surface area contributed by atoms with Crippen molar-refractivity contribution in [3.63, 3.8) is 0 Å². The first-order valence-corrected chi connectivity index (χ1v) is 3.54. The maximum Gasteiger partial charge on any atom is 0.263 e. The summed E-state index contributed by atoms with van der Waals surface area (Å²) in [6.45, 7) is 0. The molecule has 0 spiro atoms. The number of halogens is 1. The molecule has 10 heavy (non-hydrogen) atoms. The molecule has 1 atom stereocenters. The third kappa shape index (κ3) is 1.39. The van der Waals surface area contributed by atoms with Crippen LogP contribution < -0.4 is 0 Å². The van der Waals surface area contributed by atoms with E-state index in [1.807, 2.05) is 0 Å². The SMILES string of the molecule is O=CC1=CC(Br)C(=O)N=C1. The number of allylic oxidation sites excluding steroid dienone is 1. The lowest BCUT2D eigenvalue weighted by Gasteiger charge is -2.03. The number of carbonyl (C=O) groups excluding carboxylic acids is 2. The number of hydrogen-bond donors (Lipinski definition) is 0. The Hall–Kier alpha value is -0.770. The van der Waals surface area contributed by atoms with E-state index >= 15 is 0 Å². The normalized spacial score (nSPS) is 24.3. The summed E-state index contributed by atoms with van der Waals surface area (Å²) in [7, 11) is 0. The highest BCUT2D eigenvalue weighted by atomic mass is 79.9. The fourth-order valence-electron chi connectivity index (χ4n) is 0.562. The molecule has 1 aliphatic rings. The predicted octanol–water partition coefficient (Wildman–Crippen LogP) is 0.486. The minimum atomic E-state index is -0.433. The van der Waals surface area contributed by atoms with Crippen molar-refractivity contribution in [3.8, 4) is 0 Å². The van der Waals surface area contributed by atoms with Gasteiger partial charge in [-0.2, -0.15) is 0 Å². The Balaban J connectivity index is 2.85. The molecule has 0 aromatic carbocycles. The molecule has 0 bridgehead atoms. The lowest BCUT2D eigenvalue weighted by molar-refractivity contribution is -0.116. The highest BCUT2D eigenvalue weighted by molar-refractivity contribution is 9.10. The van der Waals surface area contributed by atoms with Crippen LogP contribution in [0.4, 0.5) is 0 Å². The average molecular weight is 202 g/mol. The molecule has 0 aromatic heterocycles. The van der Waals surface area contributed by atoms with Crippen LogP contribution >= 0.6 is 15.9 Å². The van der Waals surface area contributed by atoms with Gasteiger partial charge in [-0.15, -0.1) is 0 Å². The number of rotatable bonds is 1. The molecule has 52 valence electrons. The van der Waals surface area contributed by atoms with Crippen molar-refractivity contribution >= 4 is 34.3 Å². The van der Waals surface area contributed by atoms with E-state index in [0.29, 0.717) is 11.9 Å². The molecule has 0 saturated carbocycles. The standard InChI is InChI=1S/C6H4BrNO2/c7-5-1-4(3-9)2-8-6(5)10/h1-3,5H. The van der Waals surface area contributed by atoms with Crippen LogP contribution in [0.15, 0.2) is 16.6 Å². The lowest BCUT2D eigenvalue weighted by atomic mass is 10.2. The van der Waals surface area contributed by atoms with E-state index in [4.69, 9.17) is 0 Å². The molecule has 1 rings (SSSR count). The van der Waals surface area contributed by atoms with Gasteiger partial charge in [0.1, 0.15) is 4.83 Å². The number of aldehydes is 1. The molecule has 4 heteroatoms. The smallest absolute Gasteiger partial charge is 0.263 e. The first-order valence-electron chi connectivity index (χ1n) is 2.63. The van der Waals surface area contributed by atoms with E-state index in [1.165, 1.54) is 12.3 Å². The third-order valence-electron chi connectivity index (χ3n) is 1.05. The van der Waals surface area contributed by atoms with Crippen LogP contribution in [0.3, 0.4) is 0 Å². The fourth-order valence-corrected chi connectivity index (χ4v) is 0.986. The zero-order valence-corrected chi connectivity index (χ0v) is 6.54. The second-order valence-electron chi connectivity index (χ2n) is 1.78. The molecule has 0 saturated heterocycles. The fraction of sp³-hybridized carbons (Fsp3) is 0.167. The molecule has 0 N–H and O–H groups in total. The maximum atomic E-state index is 10.7. The Morgan fingerprint density at radius 1 is 1.70 bits per heavy atom. The summed E-state index contributed by atoms with van der Waals surface area (Å²) in [5.41, 5.74) is 0.432. The van der Waals surface area contributed by atoms with Crippen LogP contribution in [-0.2, 0) is 9.59 Å². The summed E-state index contributed by atoms with van der Waals surface area (Å²) >= 11 is 3.04. The number of dihydropyridines is 1. The zero-order chi connectivity index (χ0) is 7.56. The summed E-state index contributed by atoms with van der Waals surface area (Å²) in [6, 6.07) is 0. The van der Waals surface area contributed by atoms with E-state index in [9.17, 15) is 9.59 Å². The average Bonchev–Trinajstić information content (AvgIpc) is 1.95. The Kier molecular flexibility index (Phi) is 2.11. The van der Waals surface area contributed by atoms with Gasteiger partial charge in [0.2, 0.25) is 0 Å². The molecule has 1 unspecified atom stereocenters.